The summed E-state index contributed by atoms with van der Waals surface area (Å²) in [5, 5.41) is 4.20. The predicted octanol–water partition coefficient (Wildman–Crippen LogP) is 5.25. The minimum Gasteiger partial charge on any atom is -0.496 e. The Kier molecular flexibility index (Phi) is 6.03. The van der Waals surface area contributed by atoms with Gasteiger partial charge in [0.05, 0.1) is 18.9 Å². The maximum Gasteiger partial charge on any atom is 0.275 e. The van der Waals surface area contributed by atoms with Gasteiger partial charge >= 0.3 is 0 Å². The van der Waals surface area contributed by atoms with Crippen molar-refractivity contribution in [1.29, 1.82) is 0 Å². The first-order valence-corrected chi connectivity index (χ1v) is 10.5. The lowest BCUT2D eigenvalue weighted by atomic mass is 9.79. The van der Waals surface area contributed by atoms with Crippen molar-refractivity contribution >= 4 is 33.7 Å². The maximum absolute atomic E-state index is 12.5. The second kappa shape index (κ2) is 8.19. The number of hydrogen-bond acceptors (Lipinski definition) is 4. The third kappa shape index (κ3) is 4.32. The second-order valence-electron chi connectivity index (χ2n) is 8.29. The monoisotopic (exact) mass is 457 g/mol. The van der Waals surface area contributed by atoms with Gasteiger partial charge in [0.25, 0.3) is 5.91 Å². The van der Waals surface area contributed by atoms with E-state index in [4.69, 9.17) is 4.74 Å². The van der Waals surface area contributed by atoms with Crippen LogP contribution in [-0.4, -0.2) is 31.8 Å². The molecule has 5 nitrogen and oxygen atoms in total. The zero-order valence-electron chi connectivity index (χ0n) is 17.8. The lowest BCUT2D eigenvalue weighted by Gasteiger charge is -2.45. The van der Waals surface area contributed by atoms with Crippen LogP contribution in [0, 0.1) is 6.92 Å². The molecule has 0 spiro atoms. The SMILES string of the molecule is COc1ccc(Br)cc1C(=O)N/N=C/c1cc2c(cc1C)N(C)C(C)(C)CC2C. The van der Waals surface area contributed by atoms with Gasteiger partial charge in [0.1, 0.15) is 5.75 Å². The number of benzene rings is 2. The molecule has 0 fully saturated rings. The zero-order valence-corrected chi connectivity index (χ0v) is 19.4. The molecule has 1 amide bonds. The summed E-state index contributed by atoms with van der Waals surface area (Å²) in [6, 6.07) is 9.70. The molecular weight excluding hydrogens is 430 g/mol. The fourth-order valence-electron chi connectivity index (χ4n) is 3.95. The quantitative estimate of drug-likeness (QED) is 0.503. The van der Waals surface area contributed by atoms with Gasteiger partial charge in [-0.2, -0.15) is 5.10 Å². The Bertz CT molecular complexity index is 969. The molecule has 6 heteroatoms. The molecule has 1 unspecified atom stereocenters. The van der Waals surface area contributed by atoms with E-state index >= 15 is 0 Å². The molecule has 0 saturated carbocycles. The molecule has 154 valence electrons. The lowest BCUT2D eigenvalue weighted by molar-refractivity contribution is 0.0952. The van der Waals surface area contributed by atoms with Crippen molar-refractivity contribution in [3.8, 4) is 5.75 Å². The van der Waals surface area contributed by atoms with Gasteiger partial charge in [0.2, 0.25) is 0 Å². The summed E-state index contributed by atoms with van der Waals surface area (Å²) in [5.41, 5.74) is 7.89. The normalized spacial score (nSPS) is 17.9. The molecule has 1 aliphatic rings. The largest absolute Gasteiger partial charge is 0.496 e. The smallest absolute Gasteiger partial charge is 0.275 e. The Morgan fingerprint density at radius 1 is 1.34 bits per heavy atom. The number of nitrogens with zero attached hydrogens (tertiary/aromatic N) is 2. The topological polar surface area (TPSA) is 53.9 Å². The van der Waals surface area contributed by atoms with Crippen LogP contribution in [0.1, 0.15) is 60.2 Å². The molecule has 29 heavy (non-hydrogen) atoms. The Morgan fingerprint density at radius 2 is 2.07 bits per heavy atom. The fourth-order valence-corrected chi connectivity index (χ4v) is 4.31. The molecule has 3 rings (SSSR count). The van der Waals surface area contributed by atoms with Gasteiger partial charge in [-0.3, -0.25) is 4.79 Å². The minimum atomic E-state index is -0.315. The summed E-state index contributed by atoms with van der Waals surface area (Å²) in [7, 11) is 3.70. The number of carbonyl (C=O) groups excluding carboxylic acids is 1. The highest BCUT2D eigenvalue weighted by atomic mass is 79.9. The van der Waals surface area contributed by atoms with E-state index in [1.807, 2.05) is 6.07 Å². The van der Waals surface area contributed by atoms with Gasteiger partial charge < -0.3 is 9.64 Å². The van der Waals surface area contributed by atoms with E-state index in [1.165, 1.54) is 11.3 Å². The van der Waals surface area contributed by atoms with Crippen LogP contribution in [-0.2, 0) is 0 Å². The summed E-state index contributed by atoms with van der Waals surface area (Å²) >= 11 is 3.38. The number of carbonyl (C=O) groups is 1. The van der Waals surface area contributed by atoms with E-state index in [0.29, 0.717) is 17.2 Å². The first-order chi connectivity index (χ1) is 13.6. The molecule has 0 radical (unpaired) electrons. The number of halogens is 1. The highest BCUT2D eigenvalue weighted by Gasteiger charge is 2.34. The van der Waals surface area contributed by atoms with Gasteiger partial charge in [0, 0.05) is 22.7 Å². The summed E-state index contributed by atoms with van der Waals surface area (Å²) < 4.78 is 6.07. The molecule has 0 aromatic heterocycles. The molecule has 0 saturated heterocycles. The van der Waals surface area contributed by atoms with Crippen LogP contribution in [0.25, 0.3) is 0 Å². The summed E-state index contributed by atoms with van der Waals surface area (Å²) in [4.78, 5) is 14.9. The maximum atomic E-state index is 12.5. The second-order valence-corrected chi connectivity index (χ2v) is 9.20. The van der Waals surface area contributed by atoms with Gasteiger partial charge in [-0.25, -0.2) is 5.43 Å². The van der Waals surface area contributed by atoms with Crippen LogP contribution in [0.5, 0.6) is 5.75 Å². The average molecular weight is 458 g/mol. The van der Waals surface area contributed by atoms with Crippen LogP contribution in [0.2, 0.25) is 0 Å². The van der Waals surface area contributed by atoms with E-state index in [2.05, 4.69) is 78.2 Å². The molecule has 2 aromatic carbocycles. The van der Waals surface area contributed by atoms with Crippen LogP contribution in [0.3, 0.4) is 0 Å². The van der Waals surface area contributed by atoms with Crippen LogP contribution in [0.15, 0.2) is 39.9 Å². The van der Waals surface area contributed by atoms with Crippen LogP contribution in [0.4, 0.5) is 5.69 Å². The van der Waals surface area contributed by atoms with E-state index < -0.39 is 0 Å². The standard InChI is InChI=1S/C23H28BrN3O2/c1-14-9-20-18(15(2)12-23(3,4)27(20)5)10-16(14)13-25-26-22(28)19-11-17(24)7-8-21(19)29-6/h7-11,13,15H,12H2,1-6H3,(H,26,28)/b25-13+. The zero-order chi connectivity index (χ0) is 21.3. The number of fused-ring (bicyclic) bond motifs is 1. The molecular formula is C23H28BrN3O2. The van der Waals surface area contributed by atoms with E-state index in [1.54, 1.807) is 25.5 Å². The minimum absolute atomic E-state index is 0.130. The Morgan fingerprint density at radius 3 is 2.76 bits per heavy atom. The van der Waals surface area contributed by atoms with Crippen molar-refractivity contribution in [2.75, 3.05) is 19.1 Å². The third-order valence-electron chi connectivity index (χ3n) is 5.80. The molecule has 1 atom stereocenters. The molecule has 2 aromatic rings. The highest BCUT2D eigenvalue weighted by molar-refractivity contribution is 9.10. The van der Waals surface area contributed by atoms with Gasteiger partial charge in [-0.05, 0) is 80.1 Å². The summed E-state index contributed by atoms with van der Waals surface area (Å²) in [6.07, 6.45) is 2.81. The van der Waals surface area contributed by atoms with Gasteiger partial charge in [0.15, 0.2) is 0 Å². The lowest BCUT2D eigenvalue weighted by Crippen LogP contribution is -2.45. The van der Waals surface area contributed by atoms with Crippen molar-refractivity contribution in [2.45, 2.75) is 45.6 Å². The number of amides is 1. The number of anilines is 1. The summed E-state index contributed by atoms with van der Waals surface area (Å²) in [6.45, 7) is 8.90. The van der Waals surface area contributed by atoms with Crippen molar-refractivity contribution in [3.05, 3.63) is 57.1 Å². The first kappa shape index (κ1) is 21.4. The number of ether oxygens (including phenoxy) is 1. The number of rotatable bonds is 4. The first-order valence-electron chi connectivity index (χ1n) is 9.69. The predicted molar refractivity (Wildman–Crippen MR) is 122 cm³/mol. The van der Waals surface area contributed by atoms with Crippen molar-refractivity contribution in [1.82, 2.24) is 5.43 Å². The van der Waals surface area contributed by atoms with Crippen LogP contribution >= 0.6 is 15.9 Å². The third-order valence-corrected chi connectivity index (χ3v) is 6.29. The van der Waals surface area contributed by atoms with Gasteiger partial charge in [-0.15, -0.1) is 0 Å². The van der Waals surface area contributed by atoms with E-state index in [0.717, 1.165) is 22.0 Å². The Labute approximate surface area is 181 Å². The number of hydrazone groups is 1. The number of nitrogens with one attached hydrogen (secondary N) is 1. The number of methoxy groups -OCH3 is 1. The van der Waals surface area contributed by atoms with E-state index in [9.17, 15) is 4.79 Å². The average Bonchev–Trinajstić information content (AvgIpc) is 2.66. The molecule has 0 aliphatic carbocycles. The number of hydrogen-bond donors (Lipinski definition) is 1. The van der Waals surface area contributed by atoms with Crippen molar-refractivity contribution in [3.63, 3.8) is 0 Å². The Balaban J connectivity index is 1.83. The Hall–Kier alpha value is -2.34. The van der Waals surface area contributed by atoms with Crippen LogP contribution < -0.4 is 15.1 Å². The highest BCUT2D eigenvalue weighted by Crippen LogP contribution is 2.43. The van der Waals surface area contributed by atoms with Gasteiger partial charge in [-0.1, -0.05) is 22.9 Å². The molecule has 1 heterocycles. The fraction of sp³-hybridized carbons (Fsp3) is 0.391. The van der Waals surface area contributed by atoms with Crippen molar-refractivity contribution < 1.29 is 9.53 Å². The van der Waals surface area contributed by atoms with E-state index in [-0.39, 0.29) is 11.4 Å². The molecule has 0 bridgehead atoms. The summed E-state index contributed by atoms with van der Waals surface area (Å²) in [5.74, 6) is 0.652. The number of aryl methyl sites for hydroxylation is 1. The molecule has 1 N–H and O–H groups in total. The molecule has 1 aliphatic heterocycles. The van der Waals surface area contributed by atoms with Crippen molar-refractivity contribution in [2.24, 2.45) is 5.10 Å².